The zero-order chi connectivity index (χ0) is 25.5. The van der Waals surface area contributed by atoms with Crippen molar-refractivity contribution in [3.63, 3.8) is 0 Å². The van der Waals surface area contributed by atoms with Crippen LogP contribution in [0.3, 0.4) is 0 Å². The van der Waals surface area contributed by atoms with E-state index in [9.17, 15) is 30.8 Å². The largest absolute Gasteiger partial charge is 0.490 e. The van der Waals surface area contributed by atoms with Crippen LogP contribution in [0.15, 0.2) is 23.1 Å². The van der Waals surface area contributed by atoms with Gasteiger partial charge in [0.25, 0.3) is 0 Å². The third-order valence-electron chi connectivity index (χ3n) is 5.45. The second kappa shape index (κ2) is 12.1. The normalized spacial score (nSPS) is 19.9. The molecule has 1 atom stereocenters. The summed E-state index contributed by atoms with van der Waals surface area (Å²) in [5, 5.41) is 9.83. The fraction of sp³-hybridized carbons (Fsp3) is 0.600. The number of benzene rings is 1. The maximum absolute atomic E-state index is 13.3. The fourth-order valence-corrected chi connectivity index (χ4v) is 5.44. The zero-order valence-electron chi connectivity index (χ0n) is 18.2. The first-order chi connectivity index (χ1) is 15.8. The van der Waals surface area contributed by atoms with Crippen molar-refractivity contribution in [2.75, 3.05) is 39.3 Å². The van der Waals surface area contributed by atoms with Crippen molar-refractivity contribution in [1.82, 2.24) is 14.5 Å². The molecule has 0 aliphatic carbocycles. The molecule has 1 aromatic carbocycles. The molecule has 192 valence electrons. The molecule has 0 radical (unpaired) electrons. The van der Waals surface area contributed by atoms with Gasteiger partial charge in [-0.1, -0.05) is 11.6 Å². The molecule has 34 heavy (non-hydrogen) atoms. The summed E-state index contributed by atoms with van der Waals surface area (Å²) in [6.07, 6.45) is -1.41. The fourth-order valence-electron chi connectivity index (χ4n) is 3.65. The number of rotatable bonds is 6. The Morgan fingerprint density at radius 1 is 1.15 bits per heavy atom. The second-order valence-corrected chi connectivity index (χ2v) is 10.3. The number of halogens is 5. The SMILES string of the molecule is O=C(NCCN1CCCC1)C1CCCN(S(=O)(=O)c2ccc(F)c(Cl)c2)C1.O=C(O)C(F)(F)F. The molecule has 2 aliphatic heterocycles. The highest BCUT2D eigenvalue weighted by Gasteiger charge is 2.38. The molecule has 0 spiro atoms. The molecule has 2 saturated heterocycles. The van der Waals surface area contributed by atoms with Crippen molar-refractivity contribution >= 4 is 33.5 Å². The van der Waals surface area contributed by atoms with Gasteiger partial charge in [0.1, 0.15) is 5.82 Å². The summed E-state index contributed by atoms with van der Waals surface area (Å²) in [5.41, 5.74) is 0. The summed E-state index contributed by atoms with van der Waals surface area (Å²) in [6.45, 7) is 4.03. The summed E-state index contributed by atoms with van der Waals surface area (Å²) < 4.78 is 72.0. The Bertz CT molecular complexity index is 971. The topological polar surface area (TPSA) is 107 Å². The Balaban J connectivity index is 0.000000509. The lowest BCUT2D eigenvalue weighted by atomic mass is 9.99. The molecular weight excluding hydrogens is 506 g/mol. The van der Waals surface area contributed by atoms with Crippen LogP contribution in [-0.2, 0) is 19.6 Å². The third kappa shape index (κ3) is 8.07. The number of hydrogen-bond acceptors (Lipinski definition) is 5. The number of likely N-dealkylation sites (tertiary alicyclic amines) is 1. The van der Waals surface area contributed by atoms with Gasteiger partial charge in [-0.3, -0.25) is 4.79 Å². The van der Waals surface area contributed by atoms with E-state index >= 15 is 0 Å². The number of hydrogen-bond donors (Lipinski definition) is 2. The van der Waals surface area contributed by atoms with E-state index in [-0.39, 0.29) is 28.3 Å². The maximum atomic E-state index is 13.3. The minimum Gasteiger partial charge on any atom is -0.475 e. The van der Waals surface area contributed by atoms with Crippen LogP contribution < -0.4 is 5.32 Å². The summed E-state index contributed by atoms with van der Waals surface area (Å²) in [4.78, 5) is 23.6. The Morgan fingerprint density at radius 2 is 1.76 bits per heavy atom. The number of carbonyl (C=O) groups is 2. The van der Waals surface area contributed by atoms with Gasteiger partial charge in [-0.25, -0.2) is 17.6 Å². The predicted molar refractivity (Wildman–Crippen MR) is 115 cm³/mol. The Labute approximate surface area is 199 Å². The summed E-state index contributed by atoms with van der Waals surface area (Å²) in [7, 11) is -3.81. The van der Waals surface area contributed by atoms with Crippen LogP contribution in [0.5, 0.6) is 0 Å². The molecule has 3 rings (SSSR count). The second-order valence-electron chi connectivity index (χ2n) is 7.92. The van der Waals surface area contributed by atoms with Gasteiger partial charge < -0.3 is 15.3 Å². The molecule has 2 aliphatic rings. The number of amides is 1. The van der Waals surface area contributed by atoms with Crippen molar-refractivity contribution in [1.29, 1.82) is 0 Å². The number of nitrogens with one attached hydrogen (secondary N) is 1. The molecule has 1 unspecified atom stereocenters. The van der Waals surface area contributed by atoms with E-state index in [2.05, 4.69) is 10.2 Å². The first kappa shape index (κ1) is 28.3. The van der Waals surface area contributed by atoms with Crippen LogP contribution in [-0.4, -0.2) is 80.1 Å². The average Bonchev–Trinajstić information content (AvgIpc) is 3.29. The van der Waals surface area contributed by atoms with Gasteiger partial charge in [-0.05, 0) is 57.0 Å². The van der Waals surface area contributed by atoms with Gasteiger partial charge in [0.05, 0.1) is 15.8 Å². The number of sulfonamides is 1. The minimum absolute atomic E-state index is 0.0519. The van der Waals surface area contributed by atoms with Crippen LogP contribution in [0.2, 0.25) is 5.02 Å². The highest BCUT2D eigenvalue weighted by atomic mass is 35.5. The van der Waals surface area contributed by atoms with Crippen LogP contribution in [0.25, 0.3) is 0 Å². The number of piperidine rings is 1. The smallest absolute Gasteiger partial charge is 0.475 e. The Hall–Kier alpha value is -1.96. The number of alkyl halides is 3. The first-order valence-corrected chi connectivity index (χ1v) is 12.4. The maximum Gasteiger partial charge on any atom is 0.490 e. The zero-order valence-corrected chi connectivity index (χ0v) is 19.7. The van der Waals surface area contributed by atoms with Gasteiger partial charge in [0.15, 0.2) is 0 Å². The van der Waals surface area contributed by atoms with Gasteiger partial charge >= 0.3 is 12.1 Å². The molecule has 0 saturated carbocycles. The van der Waals surface area contributed by atoms with Crippen LogP contribution in [0.4, 0.5) is 17.6 Å². The summed E-state index contributed by atoms with van der Waals surface area (Å²) in [6, 6.07) is 3.37. The van der Waals surface area contributed by atoms with E-state index in [4.69, 9.17) is 21.5 Å². The molecule has 2 N–H and O–H groups in total. The number of carboxylic acids is 1. The van der Waals surface area contributed by atoms with E-state index in [1.165, 1.54) is 23.2 Å². The van der Waals surface area contributed by atoms with Gasteiger partial charge in [0, 0.05) is 26.2 Å². The van der Waals surface area contributed by atoms with Gasteiger partial charge in [0.2, 0.25) is 15.9 Å². The number of carboxylic acid groups (broad SMARTS) is 1. The third-order valence-corrected chi connectivity index (χ3v) is 7.60. The lowest BCUT2D eigenvalue weighted by molar-refractivity contribution is -0.192. The van der Waals surface area contributed by atoms with Crippen molar-refractivity contribution in [3.05, 3.63) is 29.0 Å². The minimum atomic E-state index is -5.08. The van der Waals surface area contributed by atoms with Crippen molar-refractivity contribution < 1.29 is 40.7 Å². The van der Waals surface area contributed by atoms with E-state index in [1.54, 1.807) is 0 Å². The van der Waals surface area contributed by atoms with Crippen molar-refractivity contribution in [3.8, 4) is 0 Å². The van der Waals surface area contributed by atoms with Crippen LogP contribution in [0, 0.1) is 11.7 Å². The molecule has 0 bridgehead atoms. The van der Waals surface area contributed by atoms with E-state index in [1.807, 2.05) is 0 Å². The molecule has 14 heteroatoms. The van der Waals surface area contributed by atoms with Crippen LogP contribution in [0.1, 0.15) is 25.7 Å². The number of aliphatic carboxylic acids is 1. The van der Waals surface area contributed by atoms with Crippen LogP contribution >= 0.6 is 11.6 Å². The van der Waals surface area contributed by atoms with Gasteiger partial charge in [-0.15, -0.1) is 0 Å². The standard InChI is InChI=1S/C18H25ClFN3O3S.C2HF3O2/c19-16-12-15(5-6-17(16)20)27(25,26)23-10-3-4-14(13-23)18(24)21-7-11-22-8-1-2-9-22;3-2(4,5)1(6)7/h5-6,12,14H,1-4,7-11,13H2,(H,21,24);(H,6,7). The van der Waals surface area contributed by atoms with Crippen molar-refractivity contribution in [2.24, 2.45) is 5.92 Å². The van der Waals surface area contributed by atoms with Crippen molar-refractivity contribution in [2.45, 2.75) is 36.8 Å². The number of carbonyl (C=O) groups excluding carboxylic acids is 1. The quantitative estimate of drug-likeness (QED) is 0.547. The summed E-state index contributed by atoms with van der Waals surface area (Å²) >= 11 is 5.72. The number of nitrogens with zero attached hydrogens (tertiary/aromatic N) is 2. The Morgan fingerprint density at radius 3 is 2.32 bits per heavy atom. The van der Waals surface area contributed by atoms with Gasteiger partial charge in [-0.2, -0.15) is 17.5 Å². The molecule has 8 nitrogen and oxygen atoms in total. The molecule has 1 aromatic rings. The first-order valence-electron chi connectivity index (χ1n) is 10.6. The van der Waals surface area contributed by atoms with E-state index in [0.717, 1.165) is 31.8 Å². The highest BCUT2D eigenvalue weighted by molar-refractivity contribution is 7.89. The molecule has 1 amide bonds. The summed E-state index contributed by atoms with van der Waals surface area (Å²) in [5.74, 6) is -3.90. The lowest BCUT2D eigenvalue weighted by Gasteiger charge is -2.31. The average molecular weight is 532 g/mol. The monoisotopic (exact) mass is 531 g/mol. The molecule has 2 fully saturated rings. The highest BCUT2D eigenvalue weighted by Crippen LogP contribution is 2.26. The van der Waals surface area contributed by atoms with E-state index < -0.39 is 28.0 Å². The molecule has 2 heterocycles. The Kier molecular flexibility index (Phi) is 10.1. The molecular formula is C20H26ClF4N3O5S. The van der Waals surface area contributed by atoms with E-state index in [0.29, 0.717) is 25.9 Å². The predicted octanol–water partition coefficient (Wildman–Crippen LogP) is 2.73. The lowest BCUT2D eigenvalue weighted by Crippen LogP contribution is -2.46. The molecule has 0 aromatic heterocycles.